The van der Waals surface area contributed by atoms with Crippen LogP contribution in [0.3, 0.4) is 0 Å². The Labute approximate surface area is 203 Å². The second-order valence-electron chi connectivity index (χ2n) is 8.84. The highest BCUT2D eigenvalue weighted by atomic mass is 16.6. The minimum absolute atomic E-state index is 0.189. The molecule has 1 fully saturated rings. The van der Waals surface area contributed by atoms with Crippen molar-refractivity contribution in [2.24, 2.45) is 0 Å². The highest BCUT2D eigenvalue weighted by Gasteiger charge is 2.33. The molecule has 0 radical (unpaired) electrons. The maximum absolute atomic E-state index is 12.6. The van der Waals surface area contributed by atoms with Crippen LogP contribution in [0.25, 0.3) is 21.8 Å². The second-order valence-corrected chi connectivity index (χ2v) is 8.84. The number of phenols is 1. The summed E-state index contributed by atoms with van der Waals surface area (Å²) >= 11 is 0. The second kappa shape index (κ2) is 9.76. The van der Waals surface area contributed by atoms with E-state index in [-0.39, 0.29) is 17.9 Å². The molecule has 1 atom stereocenters. The van der Waals surface area contributed by atoms with Crippen LogP contribution in [-0.4, -0.2) is 64.8 Å². The van der Waals surface area contributed by atoms with Gasteiger partial charge < -0.3 is 24.4 Å². The normalized spacial score (nSPS) is 15.8. The molecule has 1 N–H and O–H groups in total. The van der Waals surface area contributed by atoms with Crippen molar-refractivity contribution in [3.05, 3.63) is 72.1 Å². The van der Waals surface area contributed by atoms with Gasteiger partial charge in [0.2, 0.25) is 0 Å². The van der Waals surface area contributed by atoms with Crippen LogP contribution in [0.2, 0.25) is 0 Å². The summed E-state index contributed by atoms with van der Waals surface area (Å²) in [7, 11) is 3.66. The molecule has 0 aliphatic carbocycles. The molecule has 180 valence electrons. The molecule has 3 heterocycles. The number of amides is 1. The molecule has 2 aromatic heterocycles. The van der Waals surface area contributed by atoms with E-state index in [0.29, 0.717) is 25.2 Å². The van der Waals surface area contributed by atoms with Crippen LogP contribution in [0.15, 0.2) is 60.8 Å². The molecule has 2 aromatic carbocycles. The van der Waals surface area contributed by atoms with Gasteiger partial charge in [0.25, 0.3) is 0 Å². The number of ether oxygens (including phenoxy) is 2. The summed E-state index contributed by atoms with van der Waals surface area (Å²) in [6, 6.07) is 17.0. The van der Waals surface area contributed by atoms with Crippen molar-refractivity contribution in [1.82, 2.24) is 19.8 Å². The molecule has 8 nitrogen and oxygen atoms in total. The maximum atomic E-state index is 12.6. The van der Waals surface area contributed by atoms with Crippen LogP contribution in [0, 0.1) is 0 Å². The van der Waals surface area contributed by atoms with Crippen LogP contribution in [-0.2, 0) is 11.3 Å². The number of hydrogen-bond donors (Lipinski definition) is 1. The van der Waals surface area contributed by atoms with E-state index in [1.807, 2.05) is 55.6 Å². The number of pyridine rings is 2. The van der Waals surface area contributed by atoms with Gasteiger partial charge in [-0.3, -0.25) is 4.98 Å². The van der Waals surface area contributed by atoms with E-state index in [0.717, 1.165) is 46.3 Å². The van der Waals surface area contributed by atoms with Crippen molar-refractivity contribution in [2.75, 3.05) is 33.8 Å². The van der Waals surface area contributed by atoms with Crippen molar-refractivity contribution < 1.29 is 19.4 Å². The van der Waals surface area contributed by atoms with E-state index in [4.69, 9.17) is 9.47 Å². The SMILES string of the molecule is COc1ccc2nccc(C3CN(CCCN(C)Cc4ccc5cccc(O)c5n4)C(=O)O3)c2c1. The minimum atomic E-state index is -0.340. The smallest absolute Gasteiger partial charge is 0.410 e. The van der Waals surface area contributed by atoms with Gasteiger partial charge in [-0.15, -0.1) is 0 Å². The molecule has 1 amide bonds. The van der Waals surface area contributed by atoms with Crippen LogP contribution in [0.1, 0.15) is 23.8 Å². The molecule has 5 rings (SSSR count). The molecule has 8 heteroatoms. The summed E-state index contributed by atoms with van der Waals surface area (Å²) in [5.74, 6) is 0.932. The first-order valence-electron chi connectivity index (χ1n) is 11.7. The molecule has 1 aliphatic heterocycles. The third kappa shape index (κ3) is 4.83. The summed E-state index contributed by atoms with van der Waals surface area (Å²) in [4.78, 5) is 25.5. The number of para-hydroxylation sites is 1. The predicted octanol–water partition coefficient (Wildman–Crippen LogP) is 4.51. The van der Waals surface area contributed by atoms with Gasteiger partial charge in [-0.2, -0.15) is 0 Å². The lowest BCUT2D eigenvalue weighted by molar-refractivity contribution is 0.132. The van der Waals surface area contributed by atoms with E-state index < -0.39 is 0 Å². The third-order valence-electron chi connectivity index (χ3n) is 6.37. The van der Waals surface area contributed by atoms with E-state index in [1.165, 1.54) is 0 Å². The molecular weight excluding hydrogens is 444 g/mol. The van der Waals surface area contributed by atoms with Crippen molar-refractivity contribution >= 4 is 27.9 Å². The van der Waals surface area contributed by atoms with Crippen LogP contribution in [0.4, 0.5) is 4.79 Å². The number of carbonyl (C=O) groups excluding carboxylic acids is 1. The number of benzene rings is 2. The highest BCUT2D eigenvalue weighted by molar-refractivity contribution is 5.85. The molecule has 35 heavy (non-hydrogen) atoms. The number of rotatable bonds is 8. The fraction of sp³-hybridized carbons (Fsp3) is 0.296. The number of phenolic OH excluding ortho intramolecular Hbond substituents is 1. The summed E-state index contributed by atoms with van der Waals surface area (Å²) in [6.07, 6.45) is 1.92. The Morgan fingerprint density at radius 1 is 1.20 bits per heavy atom. The van der Waals surface area contributed by atoms with E-state index in [1.54, 1.807) is 24.3 Å². The predicted molar refractivity (Wildman–Crippen MR) is 133 cm³/mol. The van der Waals surface area contributed by atoms with E-state index in [9.17, 15) is 9.90 Å². The monoisotopic (exact) mass is 472 g/mol. The molecular formula is C27H28N4O4. The summed E-state index contributed by atoms with van der Waals surface area (Å²) in [5.41, 5.74) is 3.29. The maximum Gasteiger partial charge on any atom is 0.410 e. The Kier molecular flexibility index (Phi) is 6.37. The van der Waals surface area contributed by atoms with E-state index in [2.05, 4.69) is 14.9 Å². The minimum Gasteiger partial charge on any atom is -0.506 e. The molecule has 0 spiro atoms. The van der Waals surface area contributed by atoms with Crippen molar-refractivity contribution in [3.8, 4) is 11.5 Å². The van der Waals surface area contributed by atoms with Gasteiger partial charge in [0.1, 0.15) is 23.1 Å². The van der Waals surface area contributed by atoms with E-state index >= 15 is 0 Å². The van der Waals surface area contributed by atoms with Gasteiger partial charge >= 0.3 is 6.09 Å². The first-order valence-corrected chi connectivity index (χ1v) is 11.7. The Balaban J connectivity index is 1.18. The lowest BCUT2D eigenvalue weighted by atomic mass is 10.0. The Morgan fingerprint density at radius 3 is 2.94 bits per heavy atom. The van der Waals surface area contributed by atoms with Gasteiger partial charge in [-0.1, -0.05) is 18.2 Å². The number of hydrogen-bond acceptors (Lipinski definition) is 7. The van der Waals surface area contributed by atoms with Gasteiger partial charge in [0.05, 0.1) is 24.9 Å². The zero-order valence-electron chi connectivity index (χ0n) is 19.8. The fourth-order valence-corrected chi connectivity index (χ4v) is 4.55. The largest absolute Gasteiger partial charge is 0.506 e. The average molecular weight is 473 g/mol. The summed E-state index contributed by atoms with van der Waals surface area (Å²) in [6.45, 7) is 2.56. The van der Waals surface area contributed by atoms with Gasteiger partial charge in [0, 0.05) is 35.6 Å². The Morgan fingerprint density at radius 2 is 2.09 bits per heavy atom. The molecule has 4 aromatic rings. The third-order valence-corrected chi connectivity index (χ3v) is 6.37. The zero-order valence-corrected chi connectivity index (χ0v) is 19.8. The fourth-order valence-electron chi connectivity index (χ4n) is 4.55. The molecule has 1 unspecified atom stereocenters. The van der Waals surface area contributed by atoms with Gasteiger partial charge in [-0.05, 0) is 56.4 Å². The average Bonchev–Trinajstić information content (AvgIpc) is 3.23. The first-order chi connectivity index (χ1) is 17.0. The quantitative estimate of drug-likeness (QED) is 0.404. The van der Waals surface area contributed by atoms with Crippen molar-refractivity contribution in [1.29, 1.82) is 0 Å². The standard InChI is InChI=1S/C27H28N4O4/c1-30(16-19-8-7-18-5-3-6-24(32)26(18)29-19)13-4-14-31-17-25(35-27(31)33)21-11-12-28-23-10-9-20(34-2)15-22(21)23/h3,5-12,15,25,32H,4,13-14,16-17H2,1-2H3. The van der Waals surface area contributed by atoms with Crippen LogP contribution >= 0.6 is 0 Å². The lowest BCUT2D eigenvalue weighted by Crippen LogP contribution is -2.29. The van der Waals surface area contributed by atoms with Crippen molar-refractivity contribution in [2.45, 2.75) is 19.1 Å². The number of aromatic hydroxyl groups is 1. The van der Waals surface area contributed by atoms with Gasteiger partial charge in [0.15, 0.2) is 0 Å². The molecule has 0 saturated carbocycles. The molecule has 1 saturated heterocycles. The zero-order chi connectivity index (χ0) is 24.4. The highest BCUT2D eigenvalue weighted by Crippen LogP contribution is 2.32. The molecule has 1 aliphatic rings. The number of nitrogens with zero attached hydrogens (tertiary/aromatic N) is 4. The summed E-state index contributed by atoms with van der Waals surface area (Å²) < 4.78 is 11.1. The topological polar surface area (TPSA) is 88.0 Å². The lowest BCUT2D eigenvalue weighted by Gasteiger charge is -2.19. The number of cyclic esters (lactones) is 1. The number of aromatic nitrogens is 2. The Hall–Kier alpha value is -3.91. The first kappa shape index (κ1) is 22.9. The summed E-state index contributed by atoms with van der Waals surface area (Å²) in [5, 5.41) is 11.9. The number of carbonyl (C=O) groups is 1. The Bertz CT molecular complexity index is 1380. The van der Waals surface area contributed by atoms with Gasteiger partial charge in [-0.25, -0.2) is 9.78 Å². The molecule has 0 bridgehead atoms. The van der Waals surface area contributed by atoms with Crippen LogP contribution in [0.5, 0.6) is 11.5 Å². The van der Waals surface area contributed by atoms with Crippen molar-refractivity contribution in [3.63, 3.8) is 0 Å². The number of methoxy groups -OCH3 is 1. The number of fused-ring (bicyclic) bond motifs is 2. The van der Waals surface area contributed by atoms with Crippen LogP contribution < -0.4 is 4.74 Å².